The van der Waals surface area contributed by atoms with Gasteiger partial charge in [0.2, 0.25) is 5.91 Å². The summed E-state index contributed by atoms with van der Waals surface area (Å²) in [5.41, 5.74) is 2.33. The Bertz CT molecular complexity index is 916. The van der Waals surface area contributed by atoms with Crippen LogP contribution >= 0.6 is 0 Å². The Morgan fingerprint density at radius 2 is 2.04 bits per heavy atom. The summed E-state index contributed by atoms with van der Waals surface area (Å²) >= 11 is 0. The molecule has 0 spiro atoms. The molecule has 0 saturated carbocycles. The number of aliphatic hydroxyl groups excluding tert-OH is 1. The number of hydrogen-bond donors (Lipinski definition) is 2. The SMILES string of the molecule is C[C@@H](O)[C@H]1C(=O)N2C(C(=O)O)=C(c3ccn(CCc4ccccc4)n3)C[C@H]12. The predicted octanol–water partition coefficient (Wildman–Crippen LogP) is 1.53. The third-order valence-electron chi connectivity index (χ3n) is 5.35. The van der Waals surface area contributed by atoms with Crippen LogP contribution in [-0.2, 0) is 22.6 Å². The highest BCUT2D eigenvalue weighted by molar-refractivity contribution is 6.05. The lowest BCUT2D eigenvalue weighted by molar-refractivity contribution is -0.161. The van der Waals surface area contributed by atoms with Crippen LogP contribution in [0, 0.1) is 5.92 Å². The molecule has 1 aromatic carbocycles. The molecule has 7 heteroatoms. The van der Waals surface area contributed by atoms with Crippen LogP contribution in [-0.4, -0.2) is 48.9 Å². The summed E-state index contributed by atoms with van der Waals surface area (Å²) in [5.74, 6) is -2.01. The lowest BCUT2D eigenvalue weighted by Crippen LogP contribution is -2.61. The summed E-state index contributed by atoms with van der Waals surface area (Å²) in [6.07, 6.45) is 2.26. The Labute approximate surface area is 156 Å². The van der Waals surface area contributed by atoms with Crippen molar-refractivity contribution in [3.63, 3.8) is 0 Å². The molecule has 2 N–H and O–H groups in total. The fourth-order valence-corrected chi connectivity index (χ4v) is 4.03. The number of fused-ring (bicyclic) bond motifs is 1. The van der Waals surface area contributed by atoms with E-state index >= 15 is 0 Å². The first-order valence-electron chi connectivity index (χ1n) is 9.02. The van der Waals surface area contributed by atoms with Gasteiger partial charge in [-0.05, 0) is 31.4 Å². The van der Waals surface area contributed by atoms with Gasteiger partial charge in [-0.2, -0.15) is 5.10 Å². The Morgan fingerprint density at radius 3 is 2.70 bits per heavy atom. The van der Waals surface area contributed by atoms with Gasteiger partial charge in [-0.3, -0.25) is 9.48 Å². The van der Waals surface area contributed by atoms with Crippen molar-refractivity contribution in [2.75, 3.05) is 0 Å². The first kappa shape index (κ1) is 17.5. The molecule has 4 rings (SSSR count). The summed E-state index contributed by atoms with van der Waals surface area (Å²) in [6, 6.07) is 11.6. The second-order valence-corrected chi connectivity index (χ2v) is 7.08. The monoisotopic (exact) mass is 367 g/mol. The van der Waals surface area contributed by atoms with Crippen molar-refractivity contribution in [2.45, 2.75) is 38.5 Å². The molecule has 1 fully saturated rings. The molecule has 0 unspecified atom stereocenters. The van der Waals surface area contributed by atoms with Crippen molar-refractivity contribution in [1.29, 1.82) is 0 Å². The van der Waals surface area contributed by atoms with Crippen molar-refractivity contribution in [3.8, 4) is 0 Å². The van der Waals surface area contributed by atoms with Gasteiger partial charge in [0.25, 0.3) is 0 Å². The van der Waals surface area contributed by atoms with Crippen molar-refractivity contribution >= 4 is 17.4 Å². The van der Waals surface area contributed by atoms with Gasteiger partial charge in [0.15, 0.2) is 0 Å². The number of rotatable bonds is 6. The van der Waals surface area contributed by atoms with Crippen molar-refractivity contribution < 1.29 is 19.8 Å². The maximum atomic E-state index is 12.3. The number of nitrogens with zero attached hydrogens (tertiary/aromatic N) is 3. The van der Waals surface area contributed by atoms with Crippen LogP contribution in [0.5, 0.6) is 0 Å². The van der Waals surface area contributed by atoms with Crippen molar-refractivity contribution in [3.05, 3.63) is 59.5 Å². The van der Waals surface area contributed by atoms with E-state index in [4.69, 9.17) is 0 Å². The van der Waals surface area contributed by atoms with Gasteiger partial charge in [-0.25, -0.2) is 4.79 Å². The van der Waals surface area contributed by atoms with E-state index in [1.165, 1.54) is 10.5 Å². The number of β-lactam (4-membered cyclic amide) rings is 1. The van der Waals surface area contributed by atoms with E-state index in [2.05, 4.69) is 17.2 Å². The minimum absolute atomic E-state index is 0.00444. The number of benzene rings is 1. The molecule has 2 aliphatic heterocycles. The van der Waals surface area contributed by atoms with Crippen LogP contribution in [0.3, 0.4) is 0 Å². The second kappa shape index (κ2) is 6.66. The molecule has 3 heterocycles. The topological polar surface area (TPSA) is 95.7 Å². The molecule has 1 aromatic heterocycles. The number of carboxylic acids is 1. The zero-order valence-electron chi connectivity index (χ0n) is 14.9. The minimum atomic E-state index is -1.14. The number of amides is 1. The number of aliphatic hydroxyl groups is 1. The van der Waals surface area contributed by atoms with Gasteiger partial charge in [-0.15, -0.1) is 0 Å². The van der Waals surface area contributed by atoms with E-state index in [-0.39, 0.29) is 17.6 Å². The molecule has 27 heavy (non-hydrogen) atoms. The largest absolute Gasteiger partial charge is 0.477 e. The van der Waals surface area contributed by atoms with Crippen molar-refractivity contribution in [1.82, 2.24) is 14.7 Å². The van der Waals surface area contributed by atoms with Gasteiger partial charge < -0.3 is 15.1 Å². The van der Waals surface area contributed by atoms with Gasteiger partial charge in [0.1, 0.15) is 5.70 Å². The molecular formula is C20H21N3O4. The van der Waals surface area contributed by atoms with Crippen LogP contribution < -0.4 is 0 Å². The highest BCUT2D eigenvalue weighted by Gasteiger charge is 2.57. The number of aryl methyl sites for hydroxylation is 2. The van der Waals surface area contributed by atoms with E-state index in [9.17, 15) is 19.8 Å². The van der Waals surface area contributed by atoms with Gasteiger partial charge in [-0.1, -0.05) is 30.3 Å². The van der Waals surface area contributed by atoms with E-state index < -0.39 is 18.0 Å². The third-order valence-corrected chi connectivity index (χ3v) is 5.35. The fourth-order valence-electron chi connectivity index (χ4n) is 4.03. The van der Waals surface area contributed by atoms with Crippen LogP contribution in [0.2, 0.25) is 0 Å². The Balaban J connectivity index is 1.55. The maximum absolute atomic E-state index is 12.3. The standard InChI is InChI=1S/C20H21N3O4/c1-12(24)17-16-11-14(18(20(26)27)23(16)19(17)25)15-8-10-22(21-15)9-7-13-5-3-2-4-6-13/h2-6,8,10,12,16-17,24H,7,9,11H2,1H3,(H,26,27)/t12-,16-,17-/m1/s1. The van der Waals surface area contributed by atoms with Crippen LogP contribution in [0.25, 0.3) is 5.57 Å². The Hall–Kier alpha value is -2.93. The number of carboxylic acid groups (broad SMARTS) is 1. The summed E-state index contributed by atoms with van der Waals surface area (Å²) in [6.45, 7) is 2.25. The van der Waals surface area contributed by atoms with E-state index in [0.717, 1.165) is 6.42 Å². The molecular weight excluding hydrogens is 346 g/mol. The third kappa shape index (κ3) is 2.94. The van der Waals surface area contributed by atoms with Gasteiger partial charge in [0.05, 0.1) is 23.8 Å². The molecule has 140 valence electrons. The minimum Gasteiger partial charge on any atom is -0.477 e. The predicted molar refractivity (Wildman–Crippen MR) is 97.4 cm³/mol. The number of hydrogen-bond acceptors (Lipinski definition) is 4. The van der Waals surface area contributed by atoms with E-state index in [1.807, 2.05) is 24.4 Å². The number of aliphatic carboxylic acids is 1. The molecule has 2 aromatic rings. The summed E-state index contributed by atoms with van der Waals surface area (Å²) in [5, 5.41) is 24.0. The van der Waals surface area contributed by atoms with E-state index in [0.29, 0.717) is 24.2 Å². The van der Waals surface area contributed by atoms with Crippen molar-refractivity contribution in [2.24, 2.45) is 5.92 Å². The lowest BCUT2D eigenvalue weighted by Gasteiger charge is -2.44. The lowest BCUT2D eigenvalue weighted by atomic mass is 9.83. The number of aromatic nitrogens is 2. The highest BCUT2D eigenvalue weighted by atomic mass is 16.4. The first-order chi connectivity index (χ1) is 13.0. The average Bonchev–Trinajstić information content (AvgIpc) is 3.23. The van der Waals surface area contributed by atoms with Crippen LogP contribution in [0.1, 0.15) is 24.6 Å². The van der Waals surface area contributed by atoms with Gasteiger partial charge >= 0.3 is 5.97 Å². The highest BCUT2D eigenvalue weighted by Crippen LogP contribution is 2.46. The van der Waals surface area contributed by atoms with Crippen LogP contribution in [0.4, 0.5) is 0 Å². The maximum Gasteiger partial charge on any atom is 0.352 e. The Morgan fingerprint density at radius 1 is 1.30 bits per heavy atom. The zero-order valence-corrected chi connectivity index (χ0v) is 14.9. The molecule has 0 aliphatic carbocycles. The molecule has 0 bridgehead atoms. The first-order valence-corrected chi connectivity index (χ1v) is 9.02. The Kier molecular flexibility index (Phi) is 4.31. The normalized spacial score (nSPS) is 22.6. The second-order valence-electron chi connectivity index (χ2n) is 7.08. The number of carbonyl (C=O) groups is 2. The van der Waals surface area contributed by atoms with Crippen LogP contribution in [0.15, 0.2) is 48.3 Å². The molecule has 0 radical (unpaired) electrons. The smallest absolute Gasteiger partial charge is 0.352 e. The molecule has 7 nitrogen and oxygen atoms in total. The average molecular weight is 367 g/mol. The zero-order chi connectivity index (χ0) is 19.1. The molecule has 1 saturated heterocycles. The number of carbonyl (C=O) groups excluding carboxylic acids is 1. The molecule has 2 aliphatic rings. The van der Waals surface area contributed by atoms with Gasteiger partial charge in [0, 0.05) is 18.3 Å². The summed E-state index contributed by atoms with van der Waals surface area (Å²) in [7, 11) is 0. The van der Waals surface area contributed by atoms with E-state index in [1.54, 1.807) is 17.7 Å². The summed E-state index contributed by atoms with van der Waals surface area (Å²) in [4.78, 5) is 25.4. The summed E-state index contributed by atoms with van der Waals surface area (Å²) < 4.78 is 1.79. The quantitative estimate of drug-likeness (QED) is 0.755. The molecule has 3 atom stereocenters. The fraction of sp³-hybridized carbons (Fsp3) is 0.350. The molecule has 1 amide bonds.